The SMILES string of the molecule is CN1CCC[C@@H]2CN(c3ccc(Br)cn3)CC[C@H]21. The van der Waals surface area contributed by atoms with E-state index in [1.165, 1.54) is 32.4 Å². The van der Waals surface area contributed by atoms with Crippen molar-refractivity contribution in [3.8, 4) is 0 Å². The summed E-state index contributed by atoms with van der Waals surface area (Å²) in [7, 11) is 2.28. The third kappa shape index (κ3) is 2.41. The van der Waals surface area contributed by atoms with E-state index in [9.17, 15) is 0 Å². The van der Waals surface area contributed by atoms with Crippen LogP contribution in [0, 0.1) is 5.92 Å². The lowest BCUT2D eigenvalue weighted by Crippen LogP contribution is -2.52. The standard InChI is InChI=1S/C14H20BrN3/c1-17-7-2-3-11-10-18(8-6-13(11)17)14-5-4-12(15)9-16-14/h4-5,9,11,13H,2-3,6-8,10H2,1H3/t11-,13-/m1/s1. The minimum atomic E-state index is 0.797. The van der Waals surface area contributed by atoms with Crippen LogP contribution < -0.4 is 4.90 Å². The first-order valence-electron chi connectivity index (χ1n) is 6.81. The number of likely N-dealkylation sites (tertiary alicyclic amines) is 1. The Balaban J connectivity index is 1.72. The summed E-state index contributed by atoms with van der Waals surface area (Å²) >= 11 is 3.45. The zero-order valence-electron chi connectivity index (χ0n) is 10.8. The lowest BCUT2D eigenvalue weighted by atomic mass is 9.84. The van der Waals surface area contributed by atoms with Gasteiger partial charge in [0.25, 0.3) is 0 Å². The van der Waals surface area contributed by atoms with Crippen LogP contribution in [0.3, 0.4) is 0 Å². The lowest BCUT2D eigenvalue weighted by molar-refractivity contribution is 0.102. The summed E-state index contributed by atoms with van der Waals surface area (Å²) in [4.78, 5) is 9.53. The quantitative estimate of drug-likeness (QED) is 0.795. The Bertz CT molecular complexity index is 406. The van der Waals surface area contributed by atoms with Crippen LogP contribution in [0.2, 0.25) is 0 Å². The van der Waals surface area contributed by atoms with Crippen molar-refractivity contribution >= 4 is 21.7 Å². The Hall–Kier alpha value is -0.610. The fourth-order valence-electron chi connectivity index (χ4n) is 3.42. The van der Waals surface area contributed by atoms with Crippen molar-refractivity contribution in [2.75, 3.05) is 31.6 Å². The van der Waals surface area contributed by atoms with Gasteiger partial charge in [-0.2, -0.15) is 0 Å². The van der Waals surface area contributed by atoms with Crippen LogP contribution in [0.4, 0.5) is 5.82 Å². The first kappa shape index (κ1) is 12.4. The first-order chi connectivity index (χ1) is 8.74. The fraction of sp³-hybridized carbons (Fsp3) is 0.643. The zero-order chi connectivity index (χ0) is 12.5. The summed E-state index contributed by atoms with van der Waals surface area (Å²) in [6.07, 6.45) is 5.90. The van der Waals surface area contributed by atoms with Crippen LogP contribution in [0.25, 0.3) is 0 Å². The van der Waals surface area contributed by atoms with Gasteiger partial charge < -0.3 is 9.80 Å². The van der Waals surface area contributed by atoms with Crippen LogP contribution >= 0.6 is 15.9 Å². The lowest BCUT2D eigenvalue weighted by Gasteiger charge is -2.46. The average molecular weight is 310 g/mol. The first-order valence-corrected chi connectivity index (χ1v) is 7.60. The van der Waals surface area contributed by atoms with Gasteiger partial charge in [-0.15, -0.1) is 0 Å². The molecule has 1 aromatic rings. The smallest absolute Gasteiger partial charge is 0.128 e. The molecule has 2 atom stereocenters. The van der Waals surface area contributed by atoms with E-state index in [0.717, 1.165) is 28.8 Å². The summed E-state index contributed by atoms with van der Waals surface area (Å²) in [5.74, 6) is 1.95. The van der Waals surface area contributed by atoms with E-state index in [1.807, 2.05) is 6.20 Å². The van der Waals surface area contributed by atoms with Crippen LogP contribution in [0.5, 0.6) is 0 Å². The minimum absolute atomic E-state index is 0.797. The second-order valence-electron chi connectivity index (χ2n) is 5.52. The van der Waals surface area contributed by atoms with Crippen LogP contribution in [0.15, 0.2) is 22.8 Å². The van der Waals surface area contributed by atoms with E-state index in [2.05, 4.69) is 49.9 Å². The molecule has 0 bridgehead atoms. The van der Waals surface area contributed by atoms with Crippen molar-refractivity contribution in [3.05, 3.63) is 22.8 Å². The molecule has 4 heteroatoms. The molecule has 3 nitrogen and oxygen atoms in total. The fourth-order valence-corrected chi connectivity index (χ4v) is 3.65. The van der Waals surface area contributed by atoms with E-state index in [0.29, 0.717) is 0 Å². The number of aromatic nitrogens is 1. The van der Waals surface area contributed by atoms with Crippen LogP contribution in [0.1, 0.15) is 19.3 Å². The molecule has 0 N–H and O–H groups in total. The largest absolute Gasteiger partial charge is 0.356 e. The molecule has 0 radical (unpaired) electrons. The van der Waals surface area contributed by atoms with E-state index < -0.39 is 0 Å². The van der Waals surface area contributed by atoms with E-state index in [4.69, 9.17) is 0 Å². The maximum absolute atomic E-state index is 4.52. The monoisotopic (exact) mass is 309 g/mol. The predicted octanol–water partition coefficient (Wildman–Crippen LogP) is 2.76. The Morgan fingerprint density at radius 2 is 2.17 bits per heavy atom. The third-order valence-corrected chi connectivity index (χ3v) is 4.85. The number of hydrogen-bond donors (Lipinski definition) is 0. The number of pyridine rings is 1. The van der Waals surface area contributed by atoms with Gasteiger partial charge in [-0.1, -0.05) is 0 Å². The Morgan fingerprint density at radius 3 is 2.94 bits per heavy atom. The highest BCUT2D eigenvalue weighted by Crippen LogP contribution is 2.31. The van der Waals surface area contributed by atoms with Crippen LogP contribution in [-0.4, -0.2) is 42.6 Å². The number of anilines is 1. The summed E-state index contributed by atoms with van der Waals surface area (Å²) < 4.78 is 1.05. The Morgan fingerprint density at radius 1 is 1.28 bits per heavy atom. The molecule has 2 aliphatic rings. The maximum Gasteiger partial charge on any atom is 0.128 e. The number of rotatable bonds is 1. The van der Waals surface area contributed by atoms with Crippen molar-refractivity contribution < 1.29 is 0 Å². The summed E-state index contributed by atoms with van der Waals surface area (Å²) in [5.41, 5.74) is 0. The number of hydrogen-bond acceptors (Lipinski definition) is 3. The molecule has 0 saturated carbocycles. The molecule has 98 valence electrons. The number of fused-ring (bicyclic) bond motifs is 1. The minimum Gasteiger partial charge on any atom is -0.356 e. The molecule has 0 unspecified atom stereocenters. The molecule has 0 amide bonds. The molecular formula is C14H20BrN3. The Kier molecular flexibility index (Phi) is 3.57. The van der Waals surface area contributed by atoms with Gasteiger partial charge in [-0.3, -0.25) is 0 Å². The second-order valence-corrected chi connectivity index (χ2v) is 6.44. The highest BCUT2D eigenvalue weighted by atomic mass is 79.9. The molecule has 2 saturated heterocycles. The van der Waals surface area contributed by atoms with Gasteiger partial charge in [-0.25, -0.2) is 4.98 Å². The number of piperidine rings is 2. The average Bonchev–Trinajstić information content (AvgIpc) is 2.39. The highest BCUT2D eigenvalue weighted by Gasteiger charge is 2.34. The van der Waals surface area contributed by atoms with Crippen LogP contribution in [-0.2, 0) is 0 Å². The molecule has 2 aliphatic heterocycles. The van der Waals surface area contributed by atoms with Gasteiger partial charge in [0.1, 0.15) is 5.82 Å². The van der Waals surface area contributed by atoms with Gasteiger partial charge in [0.15, 0.2) is 0 Å². The number of halogens is 1. The molecule has 1 aromatic heterocycles. The van der Waals surface area contributed by atoms with Gasteiger partial charge in [0.05, 0.1) is 0 Å². The van der Waals surface area contributed by atoms with Crippen molar-refractivity contribution in [2.24, 2.45) is 5.92 Å². The summed E-state index contributed by atoms with van der Waals surface area (Å²) in [6.45, 7) is 3.58. The normalized spacial score (nSPS) is 29.1. The van der Waals surface area contributed by atoms with E-state index in [-0.39, 0.29) is 0 Å². The molecule has 18 heavy (non-hydrogen) atoms. The van der Waals surface area contributed by atoms with Crippen molar-refractivity contribution in [1.29, 1.82) is 0 Å². The van der Waals surface area contributed by atoms with E-state index in [1.54, 1.807) is 0 Å². The predicted molar refractivity (Wildman–Crippen MR) is 77.9 cm³/mol. The molecular weight excluding hydrogens is 290 g/mol. The topological polar surface area (TPSA) is 19.4 Å². The highest BCUT2D eigenvalue weighted by molar-refractivity contribution is 9.10. The van der Waals surface area contributed by atoms with Gasteiger partial charge in [0.2, 0.25) is 0 Å². The van der Waals surface area contributed by atoms with Crippen molar-refractivity contribution in [2.45, 2.75) is 25.3 Å². The number of nitrogens with zero attached hydrogens (tertiary/aromatic N) is 3. The second kappa shape index (κ2) is 5.17. The molecule has 2 fully saturated rings. The molecule has 3 heterocycles. The maximum atomic E-state index is 4.52. The summed E-state index contributed by atoms with van der Waals surface area (Å²) in [6, 6.07) is 5.00. The van der Waals surface area contributed by atoms with Gasteiger partial charge >= 0.3 is 0 Å². The molecule has 0 aromatic carbocycles. The Labute approximate surface area is 117 Å². The van der Waals surface area contributed by atoms with Crippen molar-refractivity contribution in [3.63, 3.8) is 0 Å². The van der Waals surface area contributed by atoms with E-state index >= 15 is 0 Å². The zero-order valence-corrected chi connectivity index (χ0v) is 12.4. The van der Waals surface area contributed by atoms with Crippen molar-refractivity contribution in [1.82, 2.24) is 9.88 Å². The summed E-state index contributed by atoms with van der Waals surface area (Å²) in [5, 5.41) is 0. The van der Waals surface area contributed by atoms with Gasteiger partial charge in [-0.05, 0) is 66.8 Å². The molecule has 0 aliphatic carbocycles. The molecule has 0 spiro atoms. The molecule has 3 rings (SSSR count). The van der Waals surface area contributed by atoms with Gasteiger partial charge in [0, 0.05) is 29.8 Å². The third-order valence-electron chi connectivity index (χ3n) is 4.38.